The van der Waals surface area contributed by atoms with Crippen molar-refractivity contribution in [2.24, 2.45) is 0 Å². The van der Waals surface area contributed by atoms with E-state index in [1.807, 2.05) is 0 Å². The van der Waals surface area contributed by atoms with Crippen molar-refractivity contribution < 1.29 is 9.90 Å². The third-order valence-corrected chi connectivity index (χ3v) is 1.71. The number of hydrogen-bond acceptors (Lipinski definition) is 2. The molecule has 0 radical (unpaired) electrons. The van der Waals surface area contributed by atoms with E-state index in [1.54, 1.807) is 0 Å². The van der Waals surface area contributed by atoms with Gasteiger partial charge in [-0.05, 0) is 12.1 Å². The van der Waals surface area contributed by atoms with Crippen LogP contribution in [0.3, 0.4) is 0 Å². The van der Waals surface area contributed by atoms with Crippen LogP contribution in [0, 0.1) is 0 Å². The third-order valence-electron chi connectivity index (χ3n) is 1.02. The van der Waals surface area contributed by atoms with Gasteiger partial charge in [0.05, 0.1) is 5.02 Å². The zero-order valence-electron chi connectivity index (χ0n) is 5.21. The van der Waals surface area contributed by atoms with Crippen LogP contribution in [0.5, 0.6) is 0 Å². The fourth-order valence-electron chi connectivity index (χ4n) is 0.536. The molecule has 1 rings (SSSR count). The molecule has 0 spiro atoms. The van der Waals surface area contributed by atoms with Gasteiger partial charge in [0.25, 0.3) is 0 Å². The van der Waals surface area contributed by atoms with Crippen molar-refractivity contribution in [2.75, 3.05) is 0 Å². The van der Waals surface area contributed by atoms with Gasteiger partial charge in [-0.1, -0.05) is 23.2 Å². The second-order valence-corrected chi connectivity index (χ2v) is 2.54. The van der Waals surface area contributed by atoms with Crippen molar-refractivity contribution in [2.45, 2.75) is 0 Å². The quantitative estimate of drug-likeness (QED) is 0.570. The molecule has 0 saturated carbocycles. The minimum absolute atomic E-state index is 0. The zero-order chi connectivity index (χ0) is 8.43. The number of aromatic carboxylic acids is 1. The van der Waals surface area contributed by atoms with Gasteiger partial charge < -0.3 is 5.11 Å². The maximum absolute atomic E-state index is 10.3. The standard InChI is InChI=1S/C6H3Cl2NO2.Na.H/c7-3-1-2-4(6(10)11)9-5(3)8;;/h1-2H,(H,10,11);;. The molecule has 1 heterocycles. The van der Waals surface area contributed by atoms with Gasteiger partial charge >= 0.3 is 35.5 Å². The van der Waals surface area contributed by atoms with E-state index < -0.39 is 5.97 Å². The predicted octanol–water partition coefficient (Wildman–Crippen LogP) is 1.44. The number of carbonyl (C=O) groups is 1. The van der Waals surface area contributed by atoms with Crippen LogP contribution in [0.4, 0.5) is 0 Å². The first-order valence-corrected chi connectivity index (χ1v) is 3.42. The summed E-state index contributed by atoms with van der Waals surface area (Å²) >= 11 is 10.9. The molecule has 1 aromatic rings. The molecule has 0 aliphatic rings. The van der Waals surface area contributed by atoms with Crippen LogP contribution in [0.15, 0.2) is 12.1 Å². The number of pyridine rings is 1. The van der Waals surface area contributed by atoms with Crippen molar-refractivity contribution in [3.63, 3.8) is 0 Å². The van der Waals surface area contributed by atoms with E-state index in [1.165, 1.54) is 12.1 Å². The van der Waals surface area contributed by atoms with E-state index in [9.17, 15) is 4.79 Å². The molecular formula is C6H4Cl2NNaO2. The predicted molar refractivity (Wildman–Crippen MR) is 48.4 cm³/mol. The first-order valence-electron chi connectivity index (χ1n) is 2.66. The maximum atomic E-state index is 10.3. The second-order valence-electron chi connectivity index (χ2n) is 1.77. The Labute approximate surface area is 101 Å². The number of rotatable bonds is 1. The number of carboxylic acids is 1. The number of aromatic nitrogens is 1. The molecule has 3 nitrogen and oxygen atoms in total. The SMILES string of the molecule is O=C(O)c1ccc(Cl)c(Cl)n1.[NaH]. The molecular weight excluding hydrogens is 212 g/mol. The van der Waals surface area contributed by atoms with E-state index in [0.717, 1.165) is 0 Å². The van der Waals surface area contributed by atoms with E-state index >= 15 is 0 Å². The van der Waals surface area contributed by atoms with Gasteiger partial charge in [-0.15, -0.1) is 0 Å². The van der Waals surface area contributed by atoms with Crippen LogP contribution in [0.2, 0.25) is 10.2 Å². The van der Waals surface area contributed by atoms with E-state index in [4.69, 9.17) is 28.3 Å². The molecule has 1 aromatic heterocycles. The van der Waals surface area contributed by atoms with Gasteiger partial charge in [-0.3, -0.25) is 0 Å². The monoisotopic (exact) mass is 215 g/mol. The Kier molecular flexibility index (Phi) is 5.13. The summed E-state index contributed by atoms with van der Waals surface area (Å²) in [5.74, 6) is -1.12. The molecule has 0 bridgehead atoms. The van der Waals surface area contributed by atoms with Crippen LogP contribution in [0.1, 0.15) is 10.5 Å². The van der Waals surface area contributed by atoms with Crippen LogP contribution >= 0.6 is 23.2 Å². The molecule has 0 fully saturated rings. The molecule has 6 heteroatoms. The topological polar surface area (TPSA) is 50.2 Å². The summed E-state index contributed by atoms with van der Waals surface area (Å²) in [4.78, 5) is 13.8. The van der Waals surface area contributed by atoms with Gasteiger partial charge in [0, 0.05) is 0 Å². The number of halogens is 2. The second kappa shape index (κ2) is 5.04. The molecule has 60 valence electrons. The normalized spacial score (nSPS) is 8.83. The number of hydrogen-bond donors (Lipinski definition) is 1. The molecule has 0 saturated heterocycles. The number of nitrogens with zero attached hydrogens (tertiary/aromatic N) is 1. The van der Waals surface area contributed by atoms with Crippen LogP contribution in [-0.4, -0.2) is 45.6 Å². The molecule has 0 aromatic carbocycles. The van der Waals surface area contributed by atoms with Crippen LogP contribution < -0.4 is 0 Å². The van der Waals surface area contributed by atoms with Gasteiger partial charge in [0.1, 0.15) is 10.8 Å². The fraction of sp³-hybridized carbons (Fsp3) is 0. The molecule has 0 aliphatic heterocycles. The van der Waals surface area contributed by atoms with Crippen molar-refractivity contribution in [3.8, 4) is 0 Å². The van der Waals surface area contributed by atoms with Crippen LogP contribution in [-0.2, 0) is 0 Å². The summed E-state index contributed by atoms with van der Waals surface area (Å²) in [7, 11) is 0. The Hall–Kier alpha value is 0.200. The average molecular weight is 216 g/mol. The van der Waals surface area contributed by atoms with Gasteiger partial charge in [0.15, 0.2) is 0 Å². The number of carboxylic acid groups (broad SMARTS) is 1. The summed E-state index contributed by atoms with van der Waals surface area (Å²) in [5.41, 5.74) is -0.112. The van der Waals surface area contributed by atoms with Gasteiger partial charge in [0.2, 0.25) is 0 Å². The summed E-state index contributed by atoms with van der Waals surface area (Å²) < 4.78 is 0. The molecule has 0 unspecified atom stereocenters. The Morgan fingerprint density at radius 3 is 2.42 bits per heavy atom. The first-order chi connectivity index (χ1) is 5.11. The van der Waals surface area contributed by atoms with Crippen LogP contribution in [0.25, 0.3) is 0 Å². The van der Waals surface area contributed by atoms with Crippen molar-refractivity contribution in [1.29, 1.82) is 0 Å². The zero-order valence-corrected chi connectivity index (χ0v) is 6.73. The van der Waals surface area contributed by atoms with Crippen molar-refractivity contribution in [3.05, 3.63) is 28.0 Å². The van der Waals surface area contributed by atoms with Gasteiger partial charge in [-0.25, -0.2) is 9.78 Å². The van der Waals surface area contributed by atoms with Gasteiger partial charge in [-0.2, -0.15) is 0 Å². The summed E-state index contributed by atoms with van der Waals surface area (Å²) in [6, 6.07) is 2.68. The Balaban J connectivity index is 0.00000121. The van der Waals surface area contributed by atoms with Crippen molar-refractivity contribution >= 4 is 58.7 Å². The fourth-order valence-corrected chi connectivity index (χ4v) is 0.796. The minimum atomic E-state index is -1.12. The van der Waals surface area contributed by atoms with E-state index in [2.05, 4.69) is 4.98 Å². The Morgan fingerprint density at radius 1 is 1.42 bits per heavy atom. The summed E-state index contributed by atoms with van der Waals surface area (Å²) in [5, 5.41) is 8.69. The van der Waals surface area contributed by atoms with Crippen molar-refractivity contribution in [1.82, 2.24) is 4.98 Å². The summed E-state index contributed by atoms with van der Waals surface area (Å²) in [6.45, 7) is 0. The van der Waals surface area contributed by atoms with E-state index in [-0.39, 0.29) is 45.4 Å². The molecule has 0 aliphatic carbocycles. The summed E-state index contributed by atoms with van der Waals surface area (Å²) in [6.07, 6.45) is 0. The molecule has 1 N–H and O–H groups in total. The Morgan fingerprint density at radius 2 is 2.00 bits per heavy atom. The average Bonchev–Trinajstić information content (AvgIpc) is 1.94. The Bertz CT molecular complexity index is 306. The molecule has 12 heavy (non-hydrogen) atoms. The first kappa shape index (κ1) is 12.2. The molecule has 0 atom stereocenters. The third kappa shape index (κ3) is 2.92. The van der Waals surface area contributed by atoms with E-state index in [0.29, 0.717) is 0 Å². The molecule has 0 amide bonds.